The van der Waals surface area contributed by atoms with Crippen molar-refractivity contribution in [3.05, 3.63) is 48.0 Å². The van der Waals surface area contributed by atoms with Crippen LogP contribution in [0.2, 0.25) is 0 Å². The van der Waals surface area contributed by atoms with Gasteiger partial charge >= 0.3 is 5.97 Å². The van der Waals surface area contributed by atoms with E-state index in [9.17, 15) is 4.79 Å². The van der Waals surface area contributed by atoms with E-state index in [0.717, 1.165) is 0 Å². The standard InChI is InChI=1S/C14H18O2/c1-3-4-10-14(15)16-11-12(2)13-8-6-5-7-9-13/h3-9,12H,10-11H2,1-2H3/b4-3+. The van der Waals surface area contributed by atoms with Gasteiger partial charge in [-0.1, -0.05) is 49.4 Å². The summed E-state index contributed by atoms with van der Waals surface area (Å²) in [4.78, 5) is 11.3. The van der Waals surface area contributed by atoms with Crippen LogP contribution in [0.3, 0.4) is 0 Å². The second-order valence-corrected chi connectivity index (χ2v) is 3.77. The molecule has 1 atom stereocenters. The summed E-state index contributed by atoms with van der Waals surface area (Å²) in [5.41, 5.74) is 1.20. The normalized spacial score (nSPS) is 12.6. The highest BCUT2D eigenvalue weighted by Crippen LogP contribution is 2.14. The first-order valence-corrected chi connectivity index (χ1v) is 5.55. The second-order valence-electron chi connectivity index (χ2n) is 3.77. The first kappa shape index (κ1) is 12.5. The van der Waals surface area contributed by atoms with E-state index in [-0.39, 0.29) is 11.9 Å². The van der Waals surface area contributed by atoms with Gasteiger partial charge in [0.1, 0.15) is 0 Å². The van der Waals surface area contributed by atoms with Crippen LogP contribution >= 0.6 is 0 Å². The number of ether oxygens (including phenoxy) is 1. The molecule has 1 aromatic rings. The highest BCUT2D eigenvalue weighted by Gasteiger charge is 2.07. The molecule has 0 N–H and O–H groups in total. The molecule has 1 unspecified atom stereocenters. The summed E-state index contributed by atoms with van der Waals surface area (Å²) < 4.78 is 5.17. The minimum absolute atomic E-state index is 0.166. The molecule has 0 spiro atoms. The van der Waals surface area contributed by atoms with Crippen LogP contribution in [0.1, 0.15) is 31.7 Å². The minimum Gasteiger partial charge on any atom is -0.465 e. The van der Waals surface area contributed by atoms with E-state index in [1.807, 2.05) is 43.3 Å². The Balaban J connectivity index is 2.36. The second kappa shape index (κ2) is 6.83. The highest BCUT2D eigenvalue weighted by molar-refractivity contribution is 5.71. The van der Waals surface area contributed by atoms with Gasteiger partial charge in [-0.3, -0.25) is 4.79 Å². The molecule has 0 aliphatic heterocycles. The largest absolute Gasteiger partial charge is 0.465 e. The number of hydrogen-bond donors (Lipinski definition) is 0. The van der Waals surface area contributed by atoms with Crippen LogP contribution < -0.4 is 0 Å². The zero-order valence-corrected chi connectivity index (χ0v) is 9.85. The van der Waals surface area contributed by atoms with Gasteiger partial charge in [0.15, 0.2) is 0 Å². The summed E-state index contributed by atoms with van der Waals surface area (Å²) in [6.45, 7) is 4.39. The Labute approximate surface area is 96.9 Å². The Morgan fingerprint density at radius 3 is 2.69 bits per heavy atom. The first-order chi connectivity index (χ1) is 7.74. The average molecular weight is 218 g/mol. The molecule has 0 aromatic heterocycles. The first-order valence-electron chi connectivity index (χ1n) is 5.55. The lowest BCUT2D eigenvalue weighted by Gasteiger charge is -2.11. The van der Waals surface area contributed by atoms with Gasteiger partial charge in [0, 0.05) is 5.92 Å². The molecule has 2 nitrogen and oxygen atoms in total. The van der Waals surface area contributed by atoms with Crippen molar-refractivity contribution >= 4 is 5.97 Å². The number of benzene rings is 1. The zero-order valence-electron chi connectivity index (χ0n) is 9.85. The molecule has 2 heteroatoms. The van der Waals surface area contributed by atoms with Gasteiger partial charge in [-0.15, -0.1) is 0 Å². The van der Waals surface area contributed by atoms with Crippen molar-refractivity contribution in [2.75, 3.05) is 6.61 Å². The van der Waals surface area contributed by atoms with E-state index in [4.69, 9.17) is 4.74 Å². The van der Waals surface area contributed by atoms with Crippen molar-refractivity contribution in [2.24, 2.45) is 0 Å². The highest BCUT2D eigenvalue weighted by atomic mass is 16.5. The molecule has 0 fully saturated rings. The summed E-state index contributed by atoms with van der Waals surface area (Å²) in [5.74, 6) is 0.0802. The summed E-state index contributed by atoms with van der Waals surface area (Å²) in [6.07, 6.45) is 4.01. The fraction of sp³-hybridized carbons (Fsp3) is 0.357. The van der Waals surface area contributed by atoms with Crippen molar-refractivity contribution in [3.63, 3.8) is 0 Å². The molecule has 0 aliphatic carbocycles. The van der Waals surface area contributed by atoms with Gasteiger partial charge in [0.05, 0.1) is 13.0 Å². The summed E-state index contributed by atoms with van der Waals surface area (Å²) in [7, 11) is 0. The van der Waals surface area contributed by atoms with Gasteiger partial charge in [-0.05, 0) is 12.5 Å². The molecule has 0 saturated heterocycles. The third-order valence-corrected chi connectivity index (χ3v) is 2.38. The van der Waals surface area contributed by atoms with E-state index in [1.54, 1.807) is 6.08 Å². The third kappa shape index (κ3) is 4.30. The molecule has 1 aromatic carbocycles. The molecular formula is C14H18O2. The molecule has 0 bridgehead atoms. The van der Waals surface area contributed by atoms with E-state index < -0.39 is 0 Å². The molecule has 0 aliphatic rings. The van der Waals surface area contributed by atoms with Crippen molar-refractivity contribution in [1.29, 1.82) is 0 Å². The molecular weight excluding hydrogens is 200 g/mol. The minimum atomic E-state index is -0.166. The van der Waals surface area contributed by atoms with Crippen LogP contribution in [0.5, 0.6) is 0 Å². The van der Waals surface area contributed by atoms with Crippen LogP contribution in [0, 0.1) is 0 Å². The van der Waals surface area contributed by atoms with Crippen molar-refractivity contribution in [3.8, 4) is 0 Å². The van der Waals surface area contributed by atoms with E-state index in [1.165, 1.54) is 5.56 Å². The molecule has 86 valence electrons. The molecule has 0 radical (unpaired) electrons. The lowest BCUT2D eigenvalue weighted by molar-refractivity contribution is -0.143. The maximum Gasteiger partial charge on any atom is 0.309 e. The molecule has 16 heavy (non-hydrogen) atoms. The number of allylic oxidation sites excluding steroid dienone is 1. The Kier molecular flexibility index (Phi) is 5.34. The smallest absolute Gasteiger partial charge is 0.309 e. The van der Waals surface area contributed by atoms with Gasteiger partial charge in [-0.25, -0.2) is 0 Å². The van der Waals surface area contributed by atoms with Crippen molar-refractivity contribution in [1.82, 2.24) is 0 Å². The van der Waals surface area contributed by atoms with Crippen molar-refractivity contribution < 1.29 is 9.53 Å². The van der Waals surface area contributed by atoms with Gasteiger partial charge in [0.2, 0.25) is 0 Å². The molecule has 0 heterocycles. The lowest BCUT2D eigenvalue weighted by Crippen LogP contribution is -2.09. The van der Waals surface area contributed by atoms with Gasteiger partial charge in [-0.2, -0.15) is 0 Å². The SMILES string of the molecule is C/C=C/CC(=O)OCC(C)c1ccccc1. The van der Waals surface area contributed by atoms with E-state index in [0.29, 0.717) is 13.0 Å². The Morgan fingerprint density at radius 2 is 2.06 bits per heavy atom. The topological polar surface area (TPSA) is 26.3 Å². The van der Waals surface area contributed by atoms with Gasteiger partial charge in [0.25, 0.3) is 0 Å². The Bertz CT molecular complexity index is 341. The number of carbonyl (C=O) groups excluding carboxylic acids is 1. The summed E-state index contributed by atoms with van der Waals surface area (Å²) >= 11 is 0. The molecule has 0 amide bonds. The summed E-state index contributed by atoms with van der Waals surface area (Å²) in [6, 6.07) is 10.1. The Morgan fingerprint density at radius 1 is 1.38 bits per heavy atom. The maximum atomic E-state index is 11.3. The monoisotopic (exact) mass is 218 g/mol. The predicted molar refractivity (Wildman–Crippen MR) is 65.2 cm³/mol. The predicted octanol–water partition coefficient (Wildman–Crippen LogP) is 3.30. The fourth-order valence-corrected chi connectivity index (χ4v) is 1.37. The lowest BCUT2D eigenvalue weighted by atomic mass is 10.0. The van der Waals surface area contributed by atoms with E-state index in [2.05, 4.69) is 6.92 Å². The Hall–Kier alpha value is -1.57. The van der Waals surface area contributed by atoms with Crippen LogP contribution in [0.15, 0.2) is 42.5 Å². The average Bonchev–Trinajstić information content (AvgIpc) is 2.34. The third-order valence-electron chi connectivity index (χ3n) is 2.38. The number of carbonyl (C=O) groups is 1. The number of hydrogen-bond acceptors (Lipinski definition) is 2. The summed E-state index contributed by atoms with van der Waals surface area (Å²) in [5, 5.41) is 0. The van der Waals surface area contributed by atoms with Crippen LogP contribution in [-0.4, -0.2) is 12.6 Å². The quantitative estimate of drug-likeness (QED) is 0.560. The van der Waals surface area contributed by atoms with Gasteiger partial charge < -0.3 is 4.74 Å². The molecule has 1 rings (SSSR count). The number of esters is 1. The van der Waals surface area contributed by atoms with E-state index >= 15 is 0 Å². The maximum absolute atomic E-state index is 11.3. The molecule has 0 saturated carbocycles. The van der Waals surface area contributed by atoms with Crippen molar-refractivity contribution in [2.45, 2.75) is 26.2 Å². The number of rotatable bonds is 5. The zero-order chi connectivity index (χ0) is 11.8. The van der Waals surface area contributed by atoms with Crippen LogP contribution in [-0.2, 0) is 9.53 Å². The van der Waals surface area contributed by atoms with Crippen LogP contribution in [0.25, 0.3) is 0 Å². The van der Waals surface area contributed by atoms with Crippen LogP contribution in [0.4, 0.5) is 0 Å². The fourth-order valence-electron chi connectivity index (χ4n) is 1.37.